The molecule has 5 nitrogen and oxygen atoms in total. The number of allylic oxidation sites excluding steroid dienone is 2. The Morgan fingerprint density at radius 3 is 1.87 bits per heavy atom. The molecule has 0 amide bonds. The van der Waals surface area contributed by atoms with Crippen LogP contribution in [-0.4, -0.2) is 38.0 Å². The first-order valence-corrected chi connectivity index (χ1v) is 13.6. The molecular formula is C24H29NO4S2. The Balaban J connectivity index is 2.05. The van der Waals surface area contributed by atoms with Gasteiger partial charge < -0.3 is 0 Å². The molecule has 0 N–H and O–H groups in total. The minimum atomic E-state index is -4.27. The van der Waals surface area contributed by atoms with Crippen LogP contribution in [0.15, 0.2) is 85.0 Å². The second kappa shape index (κ2) is 9.10. The molecule has 3 rings (SSSR count). The molecule has 0 atom stereocenters. The van der Waals surface area contributed by atoms with Gasteiger partial charge in [0.2, 0.25) is 14.1 Å². The zero-order valence-corrected chi connectivity index (χ0v) is 19.7. The Morgan fingerprint density at radius 1 is 0.871 bits per heavy atom. The van der Waals surface area contributed by atoms with Crippen LogP contribution in [0.1, 0.15) is 30.9 Å². The summed E-state index contributed by atoms with van der Waals surface area (Å²) >= 11 is 0. The third-order valence-electron chi connectivity index (χ3n) is 5.35. The number of benzene rings is 2. The Labute approximate surface area is 186 Å². The number of sulfonamides is 1. The summed E-state index contributed by atoms with van der Waals surface area (Å²) in [5.74, 6) is -0.150. The summed E-state index contributed by atoms with van der Waals surface area (Å²) in [5, 5.41) is 0. The lowest BCUT2D eigenvalue weighted by molar-refractivity contribution is 0.359. The highest BCUT2D eigenvalue weighted by Crippen LogP contribution is 2.37. The first-order valence-electron chi connectivity index (χ1n) is 10.2. The monoisotopic (exact) mass is 459 g/mol. The molecule has 166 valence electrons. The molecular weight excluding hydrogens is 430 g/mol. The van der Waals surface area contributed by atoms with Crippen LogP contribution in [-0.2, 0) is 26.4 Å². The quantitative estimate of drug-likeness (QED) is 0.557. The largest absolute Gasteiger partial charge is 0.242 e. The van der Waals surface area contributed by atoms with Gasteiger partial charge in [-0.25, -0.2) is 16.8 Å². The van der Waals surface area contributed by atoms with Crippen molar-refractivity contribution in [3.8, 4) is 0 Å². The smallest absolute Gasteiger partial charge is 0.227 e. The molecule has 0 saturated heterocycles. The Hall–Kier alpha value is -2.22. The van der Waals surface area contributed by atoms with Crippen LogP contribution < -0.4 is 0 Å². The molecule has 2 aromatic rings. The van der Waals surface area contributed by atoms with Crippen molar-refractivity contribution in [1.29, 1.82) is 0 Å². The minimum absolute atomic E-state index is 0.0312. The maximum absolute atomic E-state index is 13.9. The second-order valence-corrected chi connectivity index (χ2v) is 12.9. The van der Waals surface area contributed by atoms with Gasteiger partial charge in [-0.05, 0) is 29.2 Å². The number of nitrogens with zero attached hydrogens (tertiary/aromatic N) is 1. The first-order chi connectivity index (χ1) is 14.6. The second-order valence-electron chi connectivity index (χ2n) is 8.33. The summed E-state index contributed by atoms with van der Waals surface area (Å²) in [6.07, 6.45) is 7.01. The van der Waals surface area contributed by atoms with E-state index in [4.69, 9.17) is 0 Å². The number of sulfone groups is 1. The van der Waals surface area contributed by atoms with Gasteiger partial charge in [-0.3, -0.25) is 0 Å². The van der Waals surface area contributed by atoms with Crippen LogP contribution in [0, 0.1) is 5.92 Å². The molecule has 0 bridgehead atoms. The average molecular weight is 460 g/mol. The molecule has 0 fully saturated rings. The molecule has 0 unspecified atom stereocenters. The van der Waals surface area contributed by atoms with Gasteiger partial charge in [-0.1, -0.05) is 86.7 Å². The summed E-state index contributed by atoms with van der Waals surface area (Å²) < 4.78 is 52.8. The van der Waals surface area contributed by atoms with Crippen LogP contribution in [0.2, 0.25) is 0 Å². The highest BCUT2D eigenvalue weighted by Gasteiger charge is 2.52. The van der Waals surface area contributed by atoms with E-state index in [2.05, 4.69) is 0 Å². The van der Waals surface area contributed by atoms with Crippen molar-refractivity contribution in [2.75, 3.05) is 12.8 Å². The molecule has 0 spiro atoms. The van der Waals surface area contributed by atoms with E-state index in [-0.39, 0.29) is 24.9 Å². The number of rotatable bonds is 8. The molecule has 1 aliphatic carbocycles. The Kier molecular flexibility index (Phi) is 6.88. The highest BCUT2D eigenvalue weighted by molar-refractivity contribution is 8.09. The molecule has 0 aliphatic heterocycles. The van der Waals surface area contributed by atoms with Crippen molar-refractivity contribution >= 4 is 19.9 Å². The van der Waals surface area contributed by atoms with E-state index in [0.717, 1.165) is 17.4 Å². The van der Waals surface area contributed by atoms with E-state index in [1.807, 2.05) is 74.5 Å². The van der Waals surface area contributed by atoms with E-state index in [9.17, 15) is 16.8 Å². The highest BCUT2D eigenvalue weighted by atomic mass is 32.3. The van der Waals surface area contributed by atoms with Gasteiger partial charge in [-0.2, -0.15) is 4.31 Å². The van der Waals surface area contributed by atoms with E-state index in [0.29, 0.717) is 0 Å². The molecule has 0 heterocycles. The van der Waals surface area contributed by atoms with Crippen LogP contribution in [0.25, 0.3) is 0 Å². The van der Waals surface area contributed by atoms with Gasteiger partial charge in [0, 0.05) is 25.3 Å². The summed E-state index contributed by atoms with van der Waals surface area (Å²) in [7, 11) is -8.30. The minimum Gasteiger partial charge on any atom is -0.227 e. The van der Waals surface area contributed by atoms with Crippen LogP contribution in [0.3, 0.4) is 0 Å². The summed E-state index contributed by atoms with van der Waals surface area (Å²) in [6, 6.07) is 18.8. The average Bonchev–Trinajstić information content (AvgIpc) is 2.73. The van der Waals surface area contributed by atoms with Crippen molar-refractivity contribution in [2.24, 2.45) is 5.92 Å². The van der Waals surface area contributed by atoms with Gasteiger partial charge in [0.05, 0.1) is 0 Å². The summed E-state index contributed by atoms with van der Waals surface area (Å²) in [4.78, 5) is 0. The van der Waals surface area contributed by atoms with Crippen LogP contribution in [0.4, 0.5) is 0 Å². The van der Waals surface area contributed by atoms with Crippen LogP contribution in [0.5, 0.6) is 0 Å². The maximum Gasteiger partial charge on any atom is 0.242 e. The van der Waals surface area contributed by atoms with Crippen molar-refractivity contribution < 1.29 is 16.8 Å². The zero-order valence-electron chi connectivity index (χ0n) is 18.0. The first kappa shape index (κ1) is 23.4. The predicted octanol–water partition coefficient (Wildman–Crippen LogP) is 4.13. The predicted molar refractivity (Wildman–Crippen MR) is 126 cm³/mol. The van der Waals surface area contributed by atoms with E-state index in [1.54, 1.807) is 12.2 Å². The fourth-order valence-electron chi connectivity index (χ4n) is 3.75. The third-order valence-corrected chi connectivity index (χ3v) is 10.4. The van der Waals surface area contributed by atoms with Crippen molar-refractivity contribution in [3.63, 3.8) is 0 Å². The fraction of sp³-hybridized carbons (Fsp3) is 0.333. The molecule has 0 radical (unpaired) electrons. The lowest BCUT2D eigenvalue weighted by Gasteiger charge is -2.35. The number of hydrogen-bond acceptors (Lipinski definition) is 4. The lowest BCUT2D eigenvalue weighted by Crippen LogP contribution is -2.52. The molecule has 0 aromatic heterocycles. The Morgan fingerprint density at radius 2 is 1.39 bits per heavy atom. The molecule has 31 heavy (non-hydrogen) atoms. The molecule has 0 saturated carbocycles. The normalized spacial score (nSPS) is 21.6. The van der Waals surface area contributed by atoms with E-state index >= 15 is 0 Å². The lowest BCUT2D eigenvalue weighted by atomic mass is 9.95. The van der Waals surface area contributed by atoms with E-state index < -0.39 is 23.9 Å². The SMILES string of the molecule is CC(C)CN(Cc1ccccc1)S(=O)(=O)C1(S(C)(=O)=O)C=CC(c2ccccc2)C=C1. The van der Waals surface area contributed by atoms with Gasteiger partial charge in [-0.15, -0.1) is 0 Å². The maximum atomic E-state index is 13.9. The standard InChI is InChI=1S/C24H29NO4S2/c1-20(2)18-25(19-21-10-6-4-7-11-21)31(28,29)24(30(3,26)27)16-14-23(15-17-24)22-12-8-5-9-13-22/h4-17,20,23H,18-19H2,1-3H3. The number of hydrogen-bond donors (Lipinski definition) is 0. The van der Waals surface area contributed by atoms with Gasteiger partial charge in [0.1, 0.15) is 0 Å². The van der Waals surface area contributed by atoms with Crippen LogP contribution >= 0.6 is 0 Å². The van der Waals surface area contributed by atoms with E-state index in [1.165, 1.54) is 16.5 Å². The molecule has 7 heteroatoms. The Bertz CT molecular complexity index is 1140. The van der Waals surface area contributed by atoms with Gasteiger partial charge in [0.25, 0.3) is 0 Å². The molecule has 1 aliphatic rings. The fourth-order valence-corrected chi connectivity index (χ4v) is 7.96. The van der Waals surface area contributed by atoms with Crippen molar-refractivity contribution in [2.45, 2.75) is 30.4 Å². The molecule has 2 aromatic carbocycles. The summed E-state index contributed by atoms with van der Waals surface area (Å²) in [6.45, 7) is 4.16. The zero-order chi connectivity index (χ0) is 22.7. The van der Waals surface area contributed by atoms with Gasteiger partial charge >= 0.3 is 0 Å². The summed E-state index contributed by atoms with van der Waals surface area (Å²) in [5.41, 5.74) is 1.78. The topological polar surface area (TPSA) is 71.5 Å². The van der Waals surface area contributed by atoms with Crippen molar-refractivity contribution in [1.82, 2.24) is 4.31 Å². The van der Waals surface area contributed by atoms with Gasteiger partial charge in [0.15, 0.2) is 9.84 Å². The third kappa shape index (κ3) is 4.84. The van der Waals surface area contributed by atoms with Crippen molar-refractivity contribution in [3.05, 3.63) is 96.1 Å².